The minimum Gasteiger partial charge on any atom is -0.0587 e. The molecule has 0 nitrogen and oxygen atoms in total. The molecule has 0 spiro atoms. The van der Waals surface area contributed by atoms with Gasteiger partial charge in [0.05, 0.1) is 0 Å². The zero-order chi connectivity index (χ0) is 6.69. The first kappa shape index (κ1) is 6.34. The second kappa shape index (κ2) is 2.67. The third kappa shape index (κ3) is 1.56. The van der Waals surface area contributed by atoms with Crippen LogP contribution in [-0.4, -0.2) is 0 Å². The van der Waals surface area contributed by atoms with E-state index in [9.17, 15) is 0 Å². The molecule has 44 valence electrons. The maximum Gasteiger partial charge on any atom is -0.00120 e. The number of rotatable bonds is 1. The standard InChI is InChI=1S/C9H8/c1-3-9-6-4-8(2)5-7-9/h1-2,4-7H,3H2. The highest BCUT2D eigenvalue weighted by molar-refractivity contribution is 5.24. The van der Waals surface area contributed by atoms with Gasteiger partial charge < -0.3 is 0 Å². The van der Waals surface area contributed by atoms with E-state index in [2.05, 4.69) is 0 Å². The van der Waals surface area contributed by atoms with Gasteiger partial charge in [0.25, 0.3) is 0 Å². The summed E-state index contributed by atoms with van der Waals surface area (Å²) in [5.74, 6) is 0. The fraction of sp³-hybridized carbons (Fsp3) is 0.111. The maximum atomic E-state index is 5.44. The molecule has 0 N–H and O–H groups in total. The van der Waals surface area contributed by atoms with Gasteiger partial charge in [0.2, 0.25) is 0 Å². The Bertz CT molecular complexity index is 172. The Morgan fingerprint density at radius 1 is 1.11 bits per heavy atom. The van der Waals surface area contributed by atoms with E-state index in [-0.39, 0.29) is 0 Å². The van der Waals surface area contributed by atoms with Gasteiger partial charge in [0.15, 0.2) is 0 Å². The third-order valence-corrected chi connectivity index (χ3v) is 1.22. The Morgan fingerprint density at radius 3 is 2.11 bits per heavy atom. The summed E-state index contributed by atoms with van der Waals surface area (Å²) < 4.78 is 0. The van der Waals surface area contributed by atoms with Gasteiger partial charge in [-0.25, -0.2) is 0 Å². The zero-order valence-corrected chi connectivity index (χ0v) is 5.17. The quantitative estimate of drug-likeness (QED) is 0.526. The van der Waals surface area contributed by atoms with E-state index in [1.54, 1.807) is 0 Å². The van der Waals surface area contributed by atoms with E-state index in [0.717, 1.165) is 11.1 Å². The molecule has 0 saturated heterocycles. The number of hydrogen-bond donors (Lipinski definition) is 0. The Labute approximate surface area is 56.5 Å². The van der Waals surface area contributed by atoms with Crippen LogP contribution in [0.2, 0.25) is 0 Å². The minimum atomic E-state index is 0.584. The van der Waals surface area contributed by atoms with Crippen LogP contribution in [-0.2, 0) is 6.42 Å². The highest BCUT2D eigenvalue weighted by atomic mass is 13.9. The molecule has 9 heavy (non-hydrogen) atoms. The molecule has 0 aliphatic carbocycles. The van der Waals surface area contributed by atoms with E-state index >= 15 is 0 Å². The summed E-state index contributed by atoms with van der Waals surface area (Å²) in [4.78, 5) is 0. The molecular formula is C9H8. The van der Waals surface area contributed by atoms with Crippen LogP contribution in [0.15, 0.2) is 24.3 Å². The maximum absolute atomic E-state index is 5.44. The normalized spacial score (nSPS) is 9.56. The predicted molar refractivity (Wildman–Crippen MR) is 37.8 cm³/mol. The molecule has 0 saturated carbocycles. The molecule has 0 aromatic heterocycles. The van der Waals surface area contributed by atoms with Crippen molar-refractivity contribution < 1.29 is 0 Å². The summed E-state index contributed by atoms with van der Waals surface area (Å²) in [6.45, 7) is 10.8. The van der Waals surface area contributed by atoms with Gasteiger partial charge in [-0.15, -0.1) is 0 Å². The van der Waals surface area contributed by atoms with Gasteiger partial charge in [-0.1, -0.05) is 24.3 Å². The first-order chi connectivity index (χ1) is 4.33. The topological polar surface area (TPSA) is 0 Å². The SMILES string of the molecule is [CH]Cc1ccc([CH])cc1. The van der Waals surface area contributed by atoms with Gasteiger partial charge in [-0.05, 0) is 31.4 Å². The van der Waals surface area contributed by atoms with Crippen molar-refractivity contribution in [2.24, 2.45) is 0 Å². The summed E-state index contributed by atoms with van der Waals surface area (Å²) >= 11 is 0. The van der Waals surface area contributed by atoms with Crippen LogP contribution >= 0.6 is 0 Å². The van der Waals surface area contributed by atoms with Gasteiger partial charge in [-0.2, -0.15) is 0 Å². The molecule has 0 heteroatoms. The molecule has 0 heterocycles. The van der Waals surface area contributed by atoms with E-state index < -0.39 is 0 Å². The summed E-state index contributed by atoms with van der Waals surface area (Å²) in [7, 11) is 0. The van der Waals surface area contributed by atoms with E-state index in [1.807, 2.05) is 24.3 Å². The van der Waals surface area contributed by atoms with Crippen LogP contribution in [0, 0.1) is 13.8 Å². The second-order valence-electron chi connectivity index (χ2n) is 1.95. The predicted octanol–water partition coefficient (Wildman–Crippen LogP) is 2.00. The summed E-state index contributed by atoms with van der Waals surface area (Å²) in [5.41, 5.74) is 1.90. The van der Waals surface area contributed by atoms with Crippen molar-refractivity contribution in [2.75, 3.05) is 0 Å². The molecule has 0 fully saturated rings. The van der Waals surface area contributed by atoms with Crippen molar-refractivity contribution in [2.45, 2.75) is 6.42 Å². The first-order valence-corrected chi connectivity index (χ1v) is 2.87. The Morgan fingerprint density at radius 2 is 1.67 bits per heavy atom. The summed E-state index contributed by atoms with van der Waals surface area (Å²) in [6.07, 6.45) is 0.584. The smallest absolute Gasteiger partial charge is 0.00120 e. The number of hydrogen-bond acceptors (Lipinski definition) is 0. The highest BCUT2D eigenvalue weighted by Crippen LogP contribution is 2.02. The monoisotopic (exact) mass is 116 g/mol. The molecule has 1 aromatic rings. The number of benzene rings is 1. The Hall–Kier alpha value is -0.780. The molecule has 0 aliphatic heterocycles. The summed E-state index contributed by atoms with van der Waals surface area (Å²) in [5, 5.41) is 0. The molecule has 0 amide bonds. The Kier molecular flexibility index (Phi) is 1.88. The van der Waals surface area contributed by atoms with E-state index in [0.29, 0.717) is 6.42 Å². The lowest BCUT2D eigenvalue weighted by atomic mass is 10.1. The first-order valence-electron chi connectivity index (χ1n) is 2.87. The van der Waals surface area contributed by atoms with Crippen LogP contribution < -0.4 is 0 Å². The molecule has 1 aromatic carbocycles. The lowest BCUT2D eigenvalue weighted by molar-refractivity contribution is 1.27. The summed E-state index contributed by atoms with van der Waals surface area (Å²) in [6, 6.07) is 7.55. The van der Waals surface area contributed by atoms with Crippen LogP contribution in [0.3, 0.4) is 0 Å². The molecule has 1 rings (SSSR count). The highest BCUT2D eigenvalue weighted by Gasteiger charge is 1.85. The molecular weight excluding hydrogens is 108 g/mol. The van der Waals surface area contributed by atoms with Crippen molar-refractivity contribution in [3.8, 4) is 0 Å². The second-order valence-corrected chi connectivity index (χ2v) is 1.95. The zero-order valence-electron chi connectivity index (χ0n) is 5.17. The van der Waals surface area contributed by atoms with E-state index in [1.165, 1.54) is 0 Å². The van der Waals surface area contributed by atoms with Crippen LogP contribution in [0.5, 0.6) is 0 Å². The molecule has 0 bridgehead atoms. The lowest BCUT2D eigenvalue weighted by Crippen LogP contribution is -1.78. The van der Waals surface area contributed by atoms with Crippen molar-refractivity contribution in [1.29, 1.82) is 0 Å². The van der Waals surface area contributed by atoms with Crippen LogP contribution in [0.1, 0.15) is 11.1 Å². The van der Waals surface area contributed by atoms with Crippen LogP contribution in [0.25, 0.3) is 0 Å². The molecule has 0 aliphatic rings. The van der Waals surface area contributed by atoms with Crippen molar-refractivity contribution in [1.82, 2.24) is 0 Å². The van der Waals surface area contributed by atoms with Crippen LogP contribution in [0.4, 0.5) is 0 Å². The minimum absolute atomic E-state index is 0.584. The van der Waals surface area contributed by atoms with E-state index in [4.69, 9.17) is 13.8 Å². The van der Waals surface area contributed by atoms with Crippen molar-refractivity contribution >= 4 is 0 Å². The fourth-order valence-corrected chi connectivity index (χ4v) is 0.654. The average molecular weight is 116 g/mol. The van der Waals surface area contributed by atoms with Gasteiger partial charge >= 0.3 is 0 Å². The van der Waals surface area contributed by atoms with Gasteiger partial charge in [0, 0.05) is 0 Å². The third-order valence-electron chi connectivity index (χ3n) is 1.22. The fourth-order valence-electron chi connectivity index (χ4n) is 0.654. The Balaban J connectivity index is 2.88. The lowest BCUT2D eigenvalue weighted by Gasteiger charge is -1.93. The average Bonchev–Trinajstić information content (AvgIpc) is 1.90. The molecule has 0 atom stereocenters. The van der Waals surface area contributed by atoms with Crippen molar-refractivity contribution in [3.63, 3.8) is 0 Å². The van der Waals surface area contributed by atoms with Crippen molar-refractivity contribution in [3.05, 3.63) is 49.2 Å². The van der Waals surface area contributed by atoms with Gasteiger partial charge in [-0.3, -0.25) is 0 Å². The largest absolute Gasteiger partial charge is 0.0587 e. The molecule has 0 unspecified atom stereocenters. The van der Waals surface area contributed by atoms with Gasteiger partial charge in [0.1, 0.15) is 0 Å². The molecule has 4 radical (unpaired) electrons.